The van der Waals surface area contributed by atoms with Crippen LogP contribution < -0.4 is 10.1 Å². The van der Waals surface area contributed by atoms with Gasteiger partial charge in [0.1, 0.15) is 4.83 Å². The summed E-state index contributed by atoms with van der Waals surface area (Å²) in [6.45, 7) is 4.93. The number of nitrogens with zero attached hydrogens (tertiary/aromatic N) is 2. The molecule has 2 heterocycles. The lowest BCUT2D eigenvalue weighted by Gasteiger charge is -2.07. The highest BCUT2D eigenvalue weighted by Gasteiger charge is 2.10. The first-order valence-electron chi connectivity index (χ1n) is 5.83. The molecule has 0 amide bonds. The van der Waals surface area contributed by atoms with Crippen LogP contribution in [0.2, 0.25) is 0 Å². The van der Waals surface area contributed by atoms with Crippen LogP contribution in [0, 0.1) is 6.92 Å². The largest absolute Gasteiger partial charge is 0.477 e. The Kier molecular flexibility index (Phi) is 3.78. The summed E-state index contributed by atoms with van der Waals surface area (Å²) in [4.78, 5) is 11.0. The lowest BCUT2D eigenvalue weighted by atomic mass is 10.3. The van der Waals surface area contributed by atoms with Crippen LogP contribution in [0.5, 0.6) is 5.88 Å². The van der Waals surface area contributed by atoms with Gasteiger partial charge in [0.05, 0.1) is 12.0 Å². The zero-order valence-corrected chi connectivity index (χ0v) is 11.2. The molecule has 1 N–H and O–H groups in total. The Hall–Kier alpha value is -1.36. The molecule has 0 spiro atoms. The van der Waals surface area contributed by atoms with Crippen LogP contribution >= 0.6 is 11.3 Å². The summed E-state index contributed by atoms with van der Waals surface area (Å²) in [5.74, 6) is 1.31. The van der Waals surface area contributed by atoms with Crippen molar-refractivity contribution >= 4 is 27.5 Å². The number of hydrogen-bond acceptors (Lipinski definition) is 5. The highest BCUT2D eigenvalue weighted by Crippen LogP contribution is 2.30. The average Bonchev–Trinajstić information content (AvgIpc) is 2.69. The molecule has 2 aromatic rings. The van der Waals surface area contributed by atoms with Crippen molar-refractivity contribution in [2.75, 3.05) is 19.0 Å². The number of ether oxygens (including phenoxy) is 1. The smallest absolute Gasteiger partial charge is 0.227 e. The standard InChI is InChI=1S/C12H17N3OS/c1-4-5-6-16-10-9-7-8(2)17-11(9)15-12(13-3)14-10/h7H,4-6H2,1-3H3,(H,13,14,15). The first kappa shape index (κ1) is 12.1. The number of thiophene rings is 1. The van der Waals surface area contributed by atoms with Crippen molar-refractivity contribution in [3.05, 3.63) is 10.9 Å². The Morgan fingerprint density at radius 3 is 2.94 bits per heavy atom. The van der Waals surface area contributed by atoms with E-state index in [-0.39, 0.29) is 0 Å². The molecule has 2 rings (SSSR count). The molecule has 2 aromatic heterocycles. The first-order chi connectivity index (χ1) is 8.24. The molecule has 0 unspecified atom stereocenters. The van der Waals surface area contributed by atoms with Gasteiger partial charge in [-0.3, -0.25) is 0 Å². The first-order valence-corrected chi connectivity index (χ1v) is 6.65. The molecule has 0 fully saturated rings. The Bertz CT molecular complexity index is 510. The van der Waals surface area contributed by atoms with Crippen molar-refractivity contribution in [3.63, 3.8) is 0 Å². The van der Waals surface area contributed by atoms with E-state index in [2.05, 4.69) is 35.2 Å². The molecule has 0 saturated heterocycles. The minimum atomic E-state index is 0.617. The number of hydrogen-bond donors (Lipinski definition) is 1. The van der Waals surface area contributed by atoms with Gasteiger partial charge in [-0.25, -0.2) is 4.98 Å². The van der Waals surface area contributed by atoms with Crippen LogP contribution in [0.15, 0.2) is 6.07 Å². The predicted octanol–water partition coefficient (Wildman–Crippen LogP) is 3.22. The molecule has 0 radical (unpaired) electrons. The molecular weight excluding hydrogens is 234 g/mol. The summed E-state index contributed by atoms with van der Waals surface area (Å²) >= 11 is 1.66. The molecule has 0 saturated carbocycles. The van der Waals surface area contributed by atoms with Gasteiger partial charge in [0.15, 0.2) is 0 Å². The van der Waals surface area contributed by atoms with Crippen LogP contribution in [0.4, 0.5) is 5.95 Å². The average molecular weight is 251 g/mol. The maximum absolute atomic E-state index is 5.73. The molecule has 0 aliphatic heterocycles. The van der Waals surface area contributed by atoms with Crippen LogP contribution in [0.25, 0.3) is 10.2 Å². The summed E-state index contributed by atoms with van der Waals surface area (Å²) in [6, 6.07) is 2.08. The van der Waals surface area contributed by atoms with Crippen molar-refractivity contribution in [2.24, 2.45) is 0 Å². The van der Waals surface area contributed by atoms with E-state index in [0.717, 1.165) is 23.1 Å². The topological polar surface area (TPSA) is 47.0 Å². The van der Waals surface area contributed by atoms with Gasteiger partial charge in [-0.05, 0) is 19.4 Å². The zero-order chi connectivity index (χ0) is 12.3. The molecule has 0 aromatic carbocycles. The molecule has 0 bridgehead atoms. The highest BCUT2D eigenvalue weighted by atomic mass is 32.1. The third kappa shape index (κ3) is 2.66. The van der Waals surface area contributed by atoms with Gasteiger partial charge in [0.25, 0.3) is 0 Å². The fourth-order valence-corrected chi connectivity index (χ4v) is 2.42. The second-order valence-electron chi connectivity index (χ2n) is 3.88. The number of aromatic nitrogens is 2. The molecule has 0 aliphatic carbocycles. The van der Waals surface area contributed by atoms with E-state index >= 15 is 0 Å². The van der Waals surface area contributed by atoms with E-state index < -0.39 is 0 Å². The molecular formula is C12H17N3OS. The number of aryl methyl sites for hydroxylation is 1. The van der Waals surface area contributed by atoms with Gasteiger partial charge < -0.3 is 10.1 Å². The van der Waals surface area contributed by atoms with Crippen molar-refractivity contribution in [3.8, 4) is 5.88 Å². The van der Waals surface area contributed by atoms with Gasteiger partial charge in [-0.15, -0.1) is 11.3 Å². The summed E-state index contributed by atoms with van der Waals surface area (Å²) in [5, 5.41) is 3.98. The third-order valence-corrected chi connectivity index (χ3v) is 3.39. The molecule has 5 heteroatoms. The SMILES string of the molecule is CCCCOc1nc(NC)nc2sc(C)cc12. The number of unbranched alkanes of at least 4 members (excludes halogenated alkanes) is 1. The van der Waals surface area contributed by atoms with Crippen molar-refractivity contribution < 1.29 is 4.74 Å². The van der Waals surface area contributed by atoms with Gasteiger partial charge in [-0.1, -0.05) is 13.3 Å². The number of anilines is 1. The number of fused-ring (bicyclic) bond motifs is 1. The number of rotatable bonds is 5. The van der Waals surface area contributed by atoms with Gasteiger partial charge >= 0.3 is 0 Å². The second-order valence-corrected chi connectivity index (χ2v) is 5.12. The minimum Gasteiger partial charge on any atom is -0.477 e. The van der Waals surface area contributed by atoms with E-state index in [1.807, 2.05) is 7.05 Å². The second kappa shape index (κ2) is 5.31. The van der Waals surface area contributed by atoms with Gasteiger partial charge in [0.2, 0.25) is 11.8 Å². The zero-order valence-electron chi connectivity index (χ0n) is 10.4. The quantitative estimate of drug-likeness (QED) is 0.829. The summed E-state index contributed by atoms with van der Waals surface area (Å²) in [5.41, 5.74) is 0. The highest BCUT2D eigenvalue weighted by molar-refractivity contribution is 7.18. The molecule has 0 atom stereocenters. The maximum Gasteiger partial charge on any atom is 0.227 e. The lowest BCUT2D eigenvalue weighted by molar-refractivity contribution is 0.302. The van der Waals surface area contributed by atoms with Crippen LogP contribution in [-0.2, 0) is 0 Å². The van der Waals surface area contributed by atoms with Crippen molar-refractivity contribution in [1.29, 1.82) is 0 Å². The third-order valence-electron chi connectivity index (χ3n) is 2.44. The Morgan fingerprint density at radius 2 is 2.24 bits per heavy atom. The van der Waals surface area contributed by atoms with Gasteiger partial charge in [0, 0.05) is 11.9 Å². The summed E-state index contributed by atoms with van der Waals surface area (Å²) < 4.78 is 5.73. The molecule has 0 aliphatic rings. The minimum absolute atomic E-state index is 0.617. The Morgan fingerprint density at radius 1 is 1.41 bits per heavy atom. The van der Waals surface area contributed by atoms with E-state index in [0.29, 0.717) is 18.4 Å². The monoisotopic (exact) mass is 251 g/mol. The molecule has 17 heavy (non-hydrogen) atoms. The van der Waals surface area contributed by atoms with E-state index in [4.69, 9.17) is 4.74 Å². The van der Waals surface area contributed by atoms with Crippen molar-refractivity contribution in [2.45, 2.75) is 26.7 Å². The van der Waals surface area contributed by atoms with E-state index in [9.17, 15) is 0 Å². The number of nitrogens with one attached hydrogen (secondary N) is 1. The van der Waals surface area contributed by atoms with E-state index in [1.165, 1.54) is 4.88 Å². The van der Waals surface area contributed by atoms with Crippen LogP contribution in [0.1, 0.15) is 24.6 Å². The fourth-order valence-electron chi connectivity index (χ4n) is 1.55. The molecule has 4 nitrogen and oxygen atoms in total. The maximum atomic E-state index is 5.73. The van der Waals surface area contributed by atoms with Crippen LogP contribution in [0.3, 0.4) is 0 Å². The fraction of sp³-hybridized carbons (Fsp3) is 0.500. The Labute approximate surface area is 105 Å². The molecule has 92 valence electrons. The summed E-state index contributed by atoms with van der Waals surface area (Å²) in [6.07, 6.45) is 2.17. The van der Waals surface area contributed by atoms with Crippen molar-refractivity contribution in [1.82, 2.24) is 9.97 Å². The van der Waals surface area contributed by atoms with Gasteiger partial charge in [-0.2, -0.15) is 4.98 Å². The Balaban J connectivity index is 2.36. The summed E-state index contributed by atoms with van der Waals surface area (Å²) in [7, 11) is 1.82. The van der Waals surface area contributed by atoms with E-state index in [1.54, 1.807) is 11.3 Å². The predicted molar refractivity (Wildman–Crippen MR) is 72.1 cm³/mol. The van der Waals surface area contributed by atoms with Crippen LogP contribution in [-0.4, -0.2) is 23.6 Å². The lowest BCUT2D eigenvalue weighted by Crippen LogP contribution is -2.02. The normalized spacial score (nSPS) is 10.8.